The molecule has 0 saturated carbocycles. The van der Waals surface area contributed by atoms with Crippen molar-refractivity contribution in [3.05, 3.63) is 48.6 Å². The Morgan fingerprint density at radius 2 is 1.32 bits per heavy atom. The third kappa shape index (κ3) is 20.7. The fourth-order valence-electron chi connectivity index (χ4n) is 2.22. The number of nitrogens with one attached hydrogen (secondary N) is 1. The fraction of sp³-hybridized carbons (Fsp3) is 0.591. The number of hydrogen-bond acceptors (Lipinski definition) is 1. The molecule has 0 bridgehead atoms. The van der Waals surface area contributed by atoms with Crippen LogP contribution in [0, 0.1) is 0 Å². The zero-order chi connectivity index (χ0) is 18.4. The maximum absolute atomic E-state index is 11.3. The lowest BCUT2D eigenvalue weighted by molar-refractivity contribution is -0.121. The van der Waals surface area contributed by atoms with Gasteiger partial charge in [-0.3, -0.25) is 4.79 Å². The summed E-state index contributed by atoms with van der Waals surface area (Å²) in [6, 6.07) is 0. The summed E-state index contributed by atoms with van der Waals surface area (Å²) in [7, 11) is 0. The topological polar surface area (TPSA) is 29.1 Å². The van der Waals surface area contributed by atoms with E-state index in [1.54, 1.807) is 0 Å². The van der Waals surface area contributed by atoms with Gasteiger partial charge in [-0.15, -0.1) is 11.6 Å². The number of halogens is 1. The van der Waals surface area contributed by atoms with Crippen LogP contribution in [0.3, 0.4) is 0 Å². The minimum Gasteiger partial charge on any atom is -0.355 e. The Balaban J connectivity index is 3.44. The van der Waals surface area contributed by atoms with Crippen LogP contribution in [-0.4, -0.2) is 18.3 Å². The summed E-state index contributed by atoms with van der Waals surface area (Å²) in [4.78, 5) is 11.3. The first-order valence-corrected chi connectivity index (χ1v) is 10.3. The highest BCUT2D eigenvalue weighted by Crippen LogP contribution is 2.01. The van der Waals surface area contributed by atoms with E-state index in [-0.39, 0.29) is 5.91 Å². The molecule has 142 valence electrons. The van der Waals surface area contributed by atoms with Gasteiger partial charge in [0, 0.05) is 18.8 Å². The first kappa shape index (κ1) is 23.7. The van der Waals surface area contributed by atoms with Crippen molar-refractivity contribution in [2.75, 3.05) is 12.4 Å². The van der Waals surface area contributed by atoms with Crippen molar-refractivity contribution < 1.29 is 4.79 Å². The van der Waals surface area contributed by atoms with Crippen molar-refractivity contribution in [1.82, 2.24) is 5.32 Å². The number of rotatable bonds is 16. The van der Waals surface area contributed by atoms with Crippen LogP contribution in [0.25, 0.3) is 0 Å². The van der Waals surface area contributed by atoms with E-state index in [9.17, 15) is 4.79 Å². The van der Waals surface area contributed by atoms with Crippen LogP contribution in [0.15, 0.2) is 48.6 Å². The van der Waals surface area contributed by atoms with Gasteiger partial charge < -0.3 is 5.32 Å². The molecule has 25 heavy (non-hydrogen) atoms. The Hall–Kier alpha value is -1.28. The molecule has 0 heterocycles. The minimum absolute atomic E-state index is 0.0940. The summed E-state index contributed by atoms with van der Waals surface area (Å²) < 4.78 is 0. The standard InChI is InChI=1S/C22H36ClNO/c1-2-3-4-5-6-7-8-9-10-11-12-13-14-15-16-17-18-19-22(25)24-21-20-23/h6-7,9-10,12-13,15-16H,2-5,8,11,14,17-21H2,1H3,(H,24,25)/b7-6-,10-9-,13-12+,16-15-. The minimum atomic E-state index is 0.0940. The average molecular weight is 366 g/mol. The molecule has 0 atom stereocenters. The zero-order valence-corrected chi connectivity index (χ0v) is 16.6. The summed E-state index contributed by atoms with van der Waals surface area (Å²) >= 11 is 5.51. The molecule has 0 fully saturated rings. The van der Waals surface area contributed by atoms with Gasteiger partial charge in [-0.05, 0) is 44.9 Å². The molecule has 0 saturated heterocycles. The van der Waals surface area contributed by atoms with Crippen LogP contribution >= 0.6 is 11.6 Å². The molecule has 0 aromatic heterocycles. The molecule has 2 nitrogen and oxygen atoms in total. The number of carbonyl (C=O) groups is 1. The molecular weight excluding hydrogens is 330 g/mol. The molecule has 0 spiro atoms. The van der Waals surface area contributed by atoms with Gasteiger partial charge in [0.2, 0.25) is 5.91 Å². The first-order chi connectivity index (χ1) is 12.3. The Labute approximate surface area is 160 Å². The van der Waals surface area contributed by atoms with E-state index in [4.69, 9.17) is 11.6 Å². The lowest BCUT2D eigenvalue weighted by Crippen LogP contribution is -2.24. The van der Waals surface area contributed by atoms with Crippen LogP contribution in [0.2, 0.25) is 0 Å². The third-order valence-electron chi connectivity index (χ3n) is 3.65. The normalized spacial score (nSPS) is 12.2. The number of amides is 1. The predicted molar refractivity (Wildman–Crippen MR) is 112 cm³/mol. The van der Waals surface area contributed by atoms with Gasteiger partial charge in [-0.2, -0.15) is 0 Å². The van der Waals surface area contributed by atoms with Crippen molar-refractivity contribution in [2.45, 2.75) is 71.1 Å². The molecule has 0 aliphatic carbocycles. The van der Waals surface area contributed by atoms with E-state index in [1.165, 1.54) is 25.7 Å². The number of allylic oxidation sites excluding steroid dienone is 8. The van der Waals surface area contributed by atoms with E-state index < -0.39 is 0 Å². The summed E-state index contributed by atoms with van der Waals surface area (Å²) in [5.41, 5.74) is 0. The van der Waals surface area contributed by atoms with Crippen LogP contribution in [0.5, 0.6) is 0 Å². The summed E-state index contributed by atoms with van der Waals surface area (Å²) in [6.45, 7) is 2.80. The highest BCUT2D eigenvalue weighted by molar-refractivity contribution is 6.18. The van der Waals surface area contributed by atoms with Crippen molar-refractivity contribution in [2.24, 2.45) is 0 Å². The highest BCUT2D eigenvalue weighted by Gasteiger charge is 1.97. The van der Waals surface area contributed by atoms with Gasteiger partial charge in [-0.25, -0.2) is 0 Å². The molecule has 0 aromatic carbocycles. The highest BCUT2D eigenvalue weighted by atomic mass is 35.5. The van der Waals surface area contributed by atoms with Gasteiger partial charge in [0.1, 0.15) is 0 Å². The van der Waals surface area contributed by atoms with Crippen LogP contribution in [0.1, 0.15) is 71.1 Å². The number of hydrogen-bond donors (Lipinski definition) is 1. The summed E-state index contributed by atoms with van der Waals surface area (Å²) in [5, 5.41) is 2.77. The van der Waals surface area contributed by atoms with E-state index >= 15 is 0 Å². The maximum atomic E-state index is 11.3. The summed E-state index contributed by atoms with van der Waals surface area (Å²) in [6.07, 6.45) is 28.3. The van der Waals surface area contributed by atoms with Crippen LogP contribution in [0.4, 0.5) is 0 Å². The Morgan fingerprint density at radius 3 is 1.84 bits per heavy atom. The van der Waals surface area contributed by atoms with E-state index in [0.717, 1.165) is 32.1 Å². The molecule has 0 radical (unpaired) electrons. The Bertz CT molecular complexity index is 410. The number of carbonyl (C=O) groups excluding carboxylic acids is 1. The zero-order valence-electron chi connectivity index (χ0n) is 15.9. The molecule has 0 aliphatic rings. The van der Waals surface area contributed by atoms with Crippen molar-refractivity contribution in [1.29, 1.82) is 0 Å². The predicted octanol–water partition coefficient (Wildman–Crippen LogP) is 6.49. The lowest BCUT2D eigenvalue weighted by atomic mass is 10.2. The molecule has 0 aliphatic heterocycles. The van der Waals surface area contributed by atoms with Crippen molar-refractivity contribution >= 4 is 17.5 Å². The molecule has 0 aromatic rings. The molecule has 3 heteroatoms. The first-order valence-electron chi connectivity index (χ1n) is 9.73. The molecule has 1 N–H and O–H groups in total. The SMILES string of the molecule is CCCCC/C=C\C/C=C\C/C=C/C/C=C\CCCC(=O)NCCCl. The van der Waals surface area contributed by atoms with Crippen LogP contribution in [-0.2, 0) is 4.79 Å². The molecule has 0 unspecified atom stereocenters. The fourth-order valence-corrected chi connectivity index (χ4v) is 2.31. The largest absolute Gasteiger partial charge is 0.355 e. The lowest BCUT2D eigenvalue weighted by Gasteiger charge is -2.00. The van der Waals surface area contributed by atoms with Gasteiger partial charge in [0.05, 0.1) is 0 Å². The van der Waals surface area contributed by atoms with Crippen molar-refractivity contribution in [3.63, 3.8) is 0 Å². The van der Waals surface area contributed by atoms with E-state index in [0.29, 0.717) is 18.8 Å². The van der Waals surface area contributed by atoms with Gasteiger partial charge in [0.25, 0.3) is 0 Å². The average Bonchev–Trinajstić information content (AvgIpc) is 2.62. The Morgan fingerprint density at radius 1 is 0.800 bits per heavy atom. The summed E-state index contributed by atoms with van der Waals surface area (Å²) in [5.74, 6) is 0.569. The maximum Gasteiger partial charge on any atom is 0.220 e. The monoisotopic (exact) mass is 365 g/mol. The van der Waals surface area contributed by atoms with Gasteiger partial charge >= 0.3 is 0 Å². The van der Waals surface area contributed by atoms with Gasteiger partial charge in [-0.1, -0.05) is 68.4 Å². The molecule has 0 rings (SSSR count). The number of unbranched alkanes of at least 4 members (excludes halogenated alkanes) is 4. The second kappa shape index (κ2) is 20.8. The second-order valence-corrected chi connectivity index (χ2v) is 6.40. The Kier molecular flexibility index (Phi) is 19.7. The quantitative estimate of drug-likeness (QED) is 0.189. The van der Waals surface area contributed by atoms with Crippen molar-refractivity contribution in [3.8, 4) is 0 Å². The molecule has 1 amide bonds. The number of alkyl halides is 1. The second-order valence-electron chi connectivity index (χ2n) is 6.02. The smallest absolute Gasteiger partial charge is 0.220 e. The van der Waals surface area contributed by atoms with Gasteiger partial charge in [0.15, 0.2) is 0 Å². The molecular formula is C22H36ClNO. The van der Waals surface area contributed by atoms with E-state index in [2.05, 4.69) is 60.8 Å². The van der Waals surface area contributed by atoms with E-state index in [1.807, 2.05) is 0 Å². The third-order valence-corrected chi connectivity index (χ3v) is 3.84. The van der Waals surface area contributed by atoms with Crippen LogP contribution < -0.4 is 5.32 Å².